The zero-order valence-corrected chi connectivity index (χ0v) is 15.9. The lowest BCUT2D eigenvalue weighted by molar-refractivity contribution is -0.0320. The summed E-state index contributed by atoms with van der Waals surface area (Å²) in [4.78, 5) is 4.36. The number of allylic oxidation sites excluding steroid dienone is 3. The van der Waals surface area contributed by atoms with Gasteiger partial charge in [0.15, 0.2) is 0 Å². The second kappa shape index (κ2) is 6.05. The van der Waals surface area contributed by atoms with Crippen molar-refractivity contribution in [1.82, 2.24) is 4.98 Å². The molecule has 0 aromatic carbocycles. The first-order chi connectivity index (χ1) is 12.6. The molecule has 1 unspecified atom stereocenters. The van der Waals surface area contributed by atoms with E-state index in [4.69, 9.17) is 0 Å². The molecule has 0 saturated heterocycles. The largest absolute Gasteiger partial charge is 0.393 e. The standard InChI is InChI=1S/C24H31NO/c1-23-11-8-19(26)14-18(23)6-7-20-21(23)9-12-24(10-2-5-22(20)24)15-17-4-3-13-25-16-17/h2-4,6,10,13,16,19-22,26H,5,7-9,11-12,14-15H2,1H3/t19?,20-,21+,22+,23+,24+/m1/s1. The van der Waals surface area contributed by atoms with Crippen LogP contribution in [-0.4, -0.2) is 16.2 Å². The Morgan fingerprint density at radius 1 is 1.19 bits per heavy atom. The number of nitrogens with zero attached hydrogens (tertiary/aromatic N) is 1. The Bertz CT molecular complexity index is 738. The molecule has 1 aromatic heterocycles. The molecule has 0 radical (unpaired) electrons. The first-order valence-corrected chi connectivity index (χ1v) is 10.5. The lowest BCUT2D eigenvalue weighted by Gasteiger charge is -2.57. The molecule has 6 atom stereocenters. The second-order valence-corrected chi connectivity index (χ2v) is 9.60. The van der Waals surface area contributed by atoms with Crippen LogP contribution in [0.2, 0.25) is 0 Å². The van der Waals surface area contributed by atoms with Crippen molar-refractivity contribution in [2.45, 2.75) is 64.4 Å². The number of pyridine rings is 1. The van der Waals surface area contributed by atoms with E-state index in [0.29, 0.717) is 10.8 Å². The minimum atomic E-state index is -0.104. The third kappa shape index (κ3) is 2.45. The molecule has 1 heterocycles. The van der Waals surface area contributed by atoms with Crippen LogP contribution < -0.4 is 0 Å². The van der Waals surface area contributed by atoms with Crippen LogP contribution in [0.1, 0.15) is 57.4 Å². The van der Waals surface area contributed by atoms with Crippen LogP contribution in [0.3, 0.4) is 0 Å². The third-order valence-electron chi connectivity index (χ3n) is 8.43. The zero-order valence-electron chi connectivity index (χ0n) is 15.9. The summed E-state index contributed by atoms with van der Waals surface area (Å²) in [7, 11) is 0. The first-order valence-electron chi connectivity index (χ1n) is 10.5. The molecule has 1 N–H and O–H groups in total. The predicted octanol–water partition coefficient (Wildman–Crippen LogP) is 5.09. The summed E-state index contributed by atoms with van der Waals surface area (Å²) in [5.74, 6) is 2.39. The van der Waals surface area contributed by atoms with E-state index in [1.807, 2.05) is 6.20 Å². The van der Waals surface area contributed by atoms with E-state index in [2.05, 4.69) is 48.5 Å². The van der Waals surface area contributed by atoms with Crippen molar-refractivity contribution < 1.29 is 5.11 Å². The third-order valence-corrected chi connectivity index (χ3v) is 8.43. The van der Waals surface area contributed by atoms with Crippen molar-refractivity contribution in [3.05, 3.63) is 53.9 Å². The monoisotopic (exact) mass is 349 g/mol. The fourth-order valence-electron chi connectivity index (χ4n) is 7.11. The molecule has 4 aliphatic carbocycles. The van der Waals surface area contributed by atoms with E-state index in [-0.39, 0.29) is 6.10 Å². The Morgan fingerprint density at radius 2 is 2.12 bits per heavy atom. The highest BCUT2D eigenvalue weighted by Crippen LogP contribution is 2.64. The Morgan fingerprint density at radius 3 is 2.96 bits per heavy atom. The molecule has 2 fully saturated rings. The van der Waals surface area contributed by atoms with E-state index in [9.17, 15) is 5.11 Å². The molecule has 5 rings (SSSR count). The van der Waals surface area contributed by atoms with Crippen molar-refractivity contribution in [2.24, 2.45) is 28.6 Å². The van der Waals surface area contributed by atoms with Gasteiger partial charge in [-0.25, -0.2) is 0 Å². The molecule has 0 bridgehead atoms. The number of rotatable bonds is 2. The molecule has 4 aliphatic rings. The van der Waals surface area contributed by atoms with Gasteiger partial charge >= 0.3 is 0 Å². The molecule has 1 aromatic rings. The average Bonchev–Trinajstić information content (AvgIpc) is 3.07. The predicted molar refractivity (Wildman–Crippen MR) is 104 cm³/mol. The summed E-state index contributed by atoms with van der Waals surface area (Å²) in [6.45, 7) is 2.51. The van der Waals surface area contributed by atoms with Crippen LogP contribution in [0.15, 0.2) is 48.3 Å². The molecule has 138 valence electrons. The van der Waals surface area contributed by atoms with Gasteiger partial charge in [0.2, 0.25) is 0 Å². The van der Waals surface area contributed by atoms with E-state index in [0.717, 1.165) is 37.0 Å². The Kier molecular flexibility index (Phi) is 3.90. The number of aromatic nitrogens is 1. The molecular weight excluding hydrogens is 318 g/mol. The van der Waals surface area contributed by atoms with Gasteiger partial charge in [-0.2, -0.15) is 0 Å². The summed E-state index contributed by atoms with van der Waals surface area (Å²) in [6, 6.07) is 4.33. The maximum absolute atomic E-state index is 10.2. The SMILES string of the molecule is C[C@]12CCC(O)CC1=CC[C@H]1[C@@H]3CC=C[C@@]3(Cc3cccnc3)CC[C@@H]12. The molecular formula is C24H31NO. The highest BCUT2D eigenvalue weighted by Gasteiger charge is 2.55. The fraction of sp³-hybridized carbons (Fsp3) is 0.625. The molecule has 0 aliphatic heterocycles. The molecule has 0 spiro atoms. The maximum Gasteiger partial charge on any atom is 0.0577 e. The number of aliphatic hydroxyl groups excluding tert-OH is 1. The van der Waals surface area contributed by atoms with Gasteiger partial charge in [0.05, 0.1) is 6.10 Å². The smallest absolute Gasteiger partial charge is 0.0577 e. The van der Waals surface area contributed by atoms with E-state index >= 15 is 0 Å². The van der Waals surface area contributed by atoms with Crippen LogP contribution in [-0.2, 0) is 6.42 Å². The van der Waals surface area contributed by atoms with Crippen LogP contribution in [0.4, 0.5) is 0 Å². The van der Waals surface area contributed by atoms with Crippen molar-refractivity contribution >= 4 is 0 Å². The van der Waals surface area contributed by atoms with Crippen LogP contribution >= 0.6 is 0 Å². The van der Waals surface area contributed by atoms with Crippen LogP contribution in [0.25, 0.3) is 0 Å². The van der Waals surface area contributed by atoms with Gasteiger partial charge in [-0.1, -0.05) is 36.8 Å². The fourth-order valence-corrected chi connectivity index (χ4v) is 7.11. The van der Waals surface area contributed by atoms with Crippen molar-refractivity contribution in [1.29, 1.82) is 0 Å². The number of fused-ring (bicyclic) bond motifs is 5. The number of hydrogen-bond donors (Lipinski definition) is 1. The van der Waals surface area contributed by atoms with Crippen LogP contribution in [0, 0.1) is 28.6 Å². The molecule has 2 saturated carbocycles. The normalized spacial score (nSPS) is 44.0. The summed E-state index contributed by atoms with van der Waals surface area (Å²) in [5, 5.41) is 10.2. The minimum absolute atomic E-state index is 0.104. The maximum atomic E-state index is 10.2. The number of aliphatic hydroxyl groups is 1. The second-order valence-electron chi connectivity index (χ2n) is 9.60. The number of hydrogen-bond acceptors (Lipinski definition) is 2. The Labute approximate surface area is 157 Å². The average molecular weight is 350 g/mol. The summed E-state index contributed by atoms with van der Waals surface area (Å²) < 4.78 is 0. The van der Waals surface area contributed by atoms with Crippen molar-refractivity contribution in [3.63, 3.8) is 0 Å². The summed E-state index contributed by atoms with van der Waals surface area (Å²) >= 11 is 0. The quantitative estimate of drug-likeness (QED) is 0.754. The molecule has 2 nitrogen and oxygen atoms in total. The lowest BCUT2D eigenvalue weighted by Crippen LogP contribution is -2.50. The first kappa shape index (κ1) is 16.7. The van der Waals surface area contributed by atoms with Gasteiger partial charge in [-0.15, -0.1) is 0 Å². The molecule has 0 amide bonds. The van der Waals surface area contributed by atoms with E-state index < -0.39 is 0 Å². The molecule has 26 heavy (non-hydrogen) atoms. The van der Waals surface area contributed by atoms with Gasteiger partial charge in [0, 0.05) is 12.4 Å². The van der Waals surface area contributed by atoms with E-state index in [1.54, 1.807) is 5.57 Å². The van der Waals surface area contributed by atoms with Gasteiger partial charge in [0.1, 0.15) is 0 Å². The van der Waals surface area contributed by atoms with Crippen molar-refractivity contribution in [2.75, 3.05) is 0 Å². The lowest BCUT2D eigenvalue weighted by atomic mass is 9.47. The van der Waals surface area contributed by atoms with Gasteiger partial charge < -0.3 is 5.11 Å². The van der Waals surface area contributed by atoms with Crippen molar-refractivity contribution in [3.8, 4) is 0 Å². The van der Waals surface area contributed by atoms with Gasteiger partial charge in [-0.05, 0) is 91.6 Å². The van der Waals surface area contributed by atoms with Gasteiger partial charge in [-0.3, -0.25) is 4.98 Å². The Balaban J connectivity index is 1.45. The van der Waals surface area contributed by atoms with Gasteiger partial charge in [0.25, 0.3) is 0 Å². The topological polar surface area (TPSA) is 33.1 Å². The van der Waals surface area contributed by atoms with E-state index in [1.165, 1.54) is 37.7 Å². The zero-order chi connectivity index (χ0) is 17.8. The molecule has 2 heteroatoms. The highest BCUT2D eigenvalue weighted by atomic mass is 16.3. The summed E-state index contributed by atoms with van der Waals surface area (Å²) in [5.41, 5.74) is 3.65. The summed E-state index contributed by atoms with van der Waals surface area (Å²) in [6.07, 6.45) is 20.8. The van der Waals surface area contributed by atoms with Crippen LogP contribution in [0.5, 0.6) is 0 Å². The Hall–Kier alpha value is -1.41. The minimum Gasteiger partial charge on any atom is -0.393 e. The highest BCUT2D eigenvalue weighted by molar-refractivity contribution is 5.28.